The maximum absolute atomic E-state index is 13.1. The highest BCUT2D eigenvalue weighted by molar-refractivity contribution is 9.10. The Labute approximate surface area is 142 Å². The molecule has 2 nitrogen and oxygen atoms in total. The van der Waals surface area contributed by atoms with Gasteiger partial charge >= 0.3 is 0 Å². The highest BCUT2D eigenvalue weighted by Gasteiger charge is 2.59. The summed E-state index contributed by atoms with van der Waals surface area (Å²) in [4.78, 5) is 13.0. The summed E-state index contributed by atoms with van der Waals surface area (Å²) in [6, 6.07) is 4.11. The van der Waals surface area contributed by atoms with E-state index in [4.69, 9.17) is 11.6 Å². The van der Waals surface area contributed by atoms with Crippen molar-refractivity contribution >= 4 is 39.1 Å². The molecule has 118 valence electrons. The van der Waals surface area contributed by atoms with Crippen molar-refractivity contribution in [3.05, 3.63) is 29.0 Å². The van der Waals surface area contributed by atoms with Gasteiger partial charge in [0.15, 0.2) is 0 Å². The van der Waals surface area contributed by atoms with Crippen molar-refractivity contribution in [2.75, 3.05) is 5.32 Å². The van der Waals surface area contributed by atoms with Crippen LogP contribution in [0.15, 0.2) is 18.2 Å². The Morgan fingerprint density at radius 1 is 1.27 bits per heavy atom. The number of carbonyl (C=O) groups excluding carboxylic acids is 1. The molecule has 5 heteroatoms. The zero-order valence-corrected chi connectivity index (χ0v) is 14.5. The third-order valence-corrected chi connectivity index (χ3v) is 6.89. The Balaban J connectivity index is 1.60. The average molecular weight is 387 g/mol. The van der Waals surface area contributed by atoms with E-state index in [0.29, 0.717) is 17.5 Å². The van der Waals surface area contributed by atoms with Crippen LogP contribution in [-0.2, 0) is 4.79 Å². The largest absolute Gasteiger partial charge is 0.324 e. The van der Waals surface area contributed by atoms with Crippen molar-refractivity contribution in [3.8, 4) is 0 Å². The van der Waals surface area contributed by atoms with E-state index >= 15 is 0 Å². The van der Waals surface area contributed by atoms with Crippen molar-refractivity contribution < 1.29 is 9.18 Å². The lowest BCUT2D eigenvalue weighted by atomic mass is 9.49. The van der Waals surface area contributed by atoms with E-state index in [0.717, 1.165) is 19.3 Å². The zero-order valence-electron chi connectivity index (χ0n) is 12.2. The normalized spacial score (nSPS) is 39.0. The van der Waals surface area contributed by atoms with Crippen LogP contribution in [0.5, 0.6) is 0 Å². The van der Waals surface area contributed by atoms with Crippen LogP contribution in [0.1, 0.15) is 38.5 Å². The number of rotatable bonds is 2. The molecule has 0 radical (unpaired) electrons. The van der Waals surface area contributed by atoms with Crippen LogP contribution in [0.3, 0.4) is 0 Å². The van der Waals surface area contributed by atoms with E-state index in [9.17, 15) is 9.18 Å². The third kappa shape index (κ3) is 2.39. The highest BCUT2D eigenvalue weighted by atomic mass is 79.9. The number of benzene rings is 1. The lowest BCUT2D eigenvalue weighted by Crippen LogP contribution is -2.57. The van der Waals surface area contributed by atoms with Crippen molar-refractivity contribution in [3.63, 3.8) is 0 Å². The number of hydrogen-bond donors (Lipinski definition) is 1. The van der Waals surface area contributed by atoms with E-state index in [1.54, 1.807) is 6.07 Å². The number of nitrogens with one attached hydrogen (secondary N) is 1. The standard InChI is InChI=1S/C17H18BrClFNO/c18-17-7-10-3-11(8-17)6-16(5-10,9-17)15(22)21-14-2-1-12(20)4-13(14)19/h1-2,4,10-11H,3,5-9H2,(H,21,22). The minimum atomic E-state index is -0.391. The quantitative estimate of drug-likeness (QED) is 0.700. The molecule has 4 aliphatic rings. The van der Waals surface area contributed by atoms with E-state index in [1.807, 2.05) is 0 Å². The summed E-state index contributed by atoms with van der Waals surface area (Å²) < 4.78 is 13.3. The lowest BCUT2D eigenvalue weighted by Gasteiger charge is -2.59. The number of anilines is 1. The molecule has 22 heavy (non-hydrogen) atoms. The highest BCUT2D eigenvalue weighted by Crippen LogP contribution is 2.64. The number of carbonyl (C=O) groups is 1. The molecule has 1 amide bonds. The maximum atomic E-state index is 13.1. The smallest absolute Gasteiger partial charge is 0.230 e. The SMILES string of the molecule is O=C(Nc1ccc(F)cc1Cl)C12CC3CC(CC(Br)(C3)C1)C2. The van der Waals surface area contributed by atoms with Gasteiger partial charge in [0, 0.05) is 4.32 Å². The van der Waals surface area contributed by atoms with Gasteiger partial charge in [0.2, 0.25) is 5.91 Å². The number of halogens is 3. The molecule has 0 aliphatic heterocycles. The first kappa shape index (κ1) is 14.9. The van der Waals surface area contributed by atoms with Crippen LogP contribution in [0.25, 0.3) is 0 Å². The second-order valence-corrected chi connectivity index (χ2v) is 9.56. The predicted octanol–water partition coefficient (Wildman–Crippen LogP) is 5.15. The van der Waals surface area contributed by atoms with Crippen molar-refractivity contribution in [1.29, 1.82) is 0 Å². The van der Waals surface area contributed by atoms with E-state index in [1.165, 1.54) is 31.4 Å². The van der Waals surface area contributed by atoms with Crippen LogP contribution in [-0.4, -0.2) is 10.2 Å². The van der Waals surface area contributed by atoms with Gasteiger partial charge in [-0.05, 0) is 68.6 Å². The summed E-state index contributed by atoms with van der Waals surface area (Å²) in [5.41, 5.74) is 0.220. The molecule has 0 saturated heterocycles. The first-order chi connectivity index (χ1) is 10.4. The van der Waals surface area contributed by atoms with Crippen LogP contribution in [0, 0.1) is 23.1 Å². The fourth-order valence-corrected chi connectivity index (χ4v) is 6.93. The number of amides is 1. The third-order valence-electron chi connectivity index (χ3n) is 5.65. The zero-order chi connectivity index (χ0) is 15.5. The first-order valence-electron chi connectivity index (χ1n) is 7.83. The molecule has 0 spiro atoms. The van der Waals surface area contributed by atoms with Gasteiger partial charge in [-0.3, -0.25) is 4.79 Å². The van der Waals surface area contributed by atoms with Crippen molar-refractivity contribution in [2.45, 2.75) is 42.8 Å². The van der Waals surface area contributed by atoms with Gasteiger partial charge in [0.05, 0.1) is 16.1 Å². The van der Waals surface area contributed by atoms with E-state index < -0.39 is 5.82 Å². The topological polar surface area (TPSA) is 29.1 Å². The monoisotopic (exact) mass is 385 g/mol. The summed E-state index contributed by atoms with van der Waals surface area (Å²) >= 11 is 9.96. The van der Waals surface area contributed by atoms with Crippen molar-refractivity contribution in [2.24, 2.45) is 17.3 Å². The average Bonchev–Trinajstić information content (AvgIpc) is 2.39. The van der Waals surface area contributed by atoms with Gasteiger partial charge in [-0.25, -0.2) is 4.39 Å². The Morgan fingerprint density at radius 3 is 2.55 bits per heavy atom. The molecule has 4 bridgehead atoms. The van der Waals surface area contributed by atoms with Gasteiger partial charge in [-0.1, -0.05) is 27.5 Å². The Morgan fingerprint density at radius 2 is 1.95 bits per heavy atom. The lowest BCUT2D eigenvalue weighted by molar-refractivity contribution is -0.138. The molecule has 0 aromatic heterocycles. The van der Waals surface area contributed by atoms with Gasteiger partial charge in [-0.15, -0.1) is 0 Å². The van der Waals surface area contributed by atoms with Gasteiger partial charge in [-0.2, -0.15) is 0 Å². The maximum Gasteiger partial charge on any atom is 0.230 e. The summed E-state index contributed by atoms with van der Waals surface area (Å²) in [6.07, 6.45) is 6.49. The second-order valence-electron chi connectivity index (χ2n) is 7.47. The number of hydrogen-bond acceptors (Lipinski definition) is 1. The summed E-state index contributed by atoms with van der Waals surface area (Å²) in [5.74, 6) is 0.960. The summed E-state index contributed by atoms with van der Waals surface area (Å²) in [5, 5.41) is 3.21. The molecule has 1 aromatic carbocycles. The van der Waals surface area contributed by atoms with Crippen LogP contribution in [0.2, 0.25) is 5.02 Å². The summed E-state index contributed by atoms with van der Waals surface area (Å²) in [6.45, 7) is 0. The molecule has 2 unspecified atom stereocenters. The van der Waals surface area contributed by atoms with E-state index in [-0.39, 0.29) is 20.7 Å². The molecule has 5 rings (SSSR count). The first-order valence-corrected chi connectivity index (χ1v) is 9.00. The molecule has 4 fully saturated rings. The molecule has 0 heterocycles. The Hall–Kier alpha value is -0.610. The second kappa shape index (κ2) is 4.94. The van der Waals surface area contributed by atoms with Crippen LogP contribution < -0.4 is 5.32 Å². The molecule has 1 N–H and O–H groups in total. The van der Waals surface area contributed by atoms with Crippen LogP contribution >= 0.6 is 27.5 Å². The molecule has 4 saturated carbocycles. The molecular weight excluding hydrogens is 369 g/mol. The Bertz CT molecular complexity index is 636. The van der Waals surface area contributed by atoms with Crippen molar-refractivity contribution in [1.82, 2.24) is 0 Å². The predicted molar refractivity (Wildman–Crippen MR) is 88.8 cm³/mol. The minimum absolute atomic E-state index is 0.0546. The van der Waals surface area contributed by atoms with Gasteiger partial charge < -0.3 is 5.32 Å². The van der Waals surface area contributed by atoms with Gasteiger partial charge in [0.1, 0.15) is 5.82 Å². The molecule has 1 aromatic rings. The summed E-state index contributed by atoms with van der Waals surface area (Å²) in [7, 11) is 0. The molecule has 2 atom stereocenters. The molecular formula is C17H18BrClFNO. The van der Waals surface area contributed by atoms with E-state index in [2.05, 4.69) is 21.2 Å². The van der Waals surface area contributed by atoms with Crippen LogP contribution in [0.4, 0.5) is 10.1 Å². The molecule has 4 aliphatic carbocycles. The fraction of sp³-hybridized carbons (Fsp3) is 0.588. The Kier molecular flexibility index (Phi) is 3.36. The number of alkyl halides is 1. The minimum Gasteiger partial charge on any atom is -0.324 e. The van der Waals surface area contributed by atoms with Gasteiger partial charge in [0.25, 0.3) is 0 Å². The fourth-order valence-electron chi connectivity index (χ4n) is 5.26.